The summed E-state index contributed by atoms with van der Waals surface area (Å²) in [5, 5.41) is 0. The van der Waals surface area contributed by atoms with Gasteiger partial charge in [-0.15, -0.1) is 0 Å². The molecule has 0 atom stereocenters. The maximum atomic E-state index is 13.4. The molecule has 1 heterocycles. The third-order valence-corrected chi connectivity index (χ3v) is 6.53. The highest BCUT2D eigenvalue weighted by atomic mass is 79.9. The van der Waals surface area contributed by atoms with Crippen LogP contribution < -0.4 is 0 Å². The summed E-state index contributed by atoms with van der Waals surface area (Å²) >= 11 is 7.20. The van der Waals surface area contributed by atoms with Crippen LogP contribution in [0.3, 0.4) is 0 Å². The lowest BCUT2D eigenvalue weighted by Crippen LogP contribution is -2.37. The minimum absolute atomic E-state index is 0.116. The Morgan fingerprint density at radius 2 is 1.17 bits per heavy atom. The van der Waals surface area contributed by atoms with Crippen LogP contribution in [0, 0.1) is 0 Å². The van der Waals surface area contributed by atoms with E-state index < -0.39 is 0 Å². The Kier molecular flexibility index (Phi) is 6.78. The summed E-state index contributed by atoms with van der Waals surface area (Å²) in [7, 11) is 0. The highest BCUT2D eigenvalue weighted by Crippen LogP contribution is 2.27. The number of ketones is 1. The largest absolute Gasteiger partial charge is 0.290 e. The highest BCUT2D eigenvalue weighted by molar-refractivity contribution is 9.10. The maximum Gasteiger partial charge on any atom is 0.187 e. The average Bonchev–Trinajstić information content (AvgIpc) is 2.75. The summed E-state index contributed by atoms with van der Waals surface area (Å²) in [5.74, 6) is 0.116. The van der Waals surface area contributed by atoms with E-state index >= 15 is 0 Å². The molecule has 1 aliphatic heterocycles. The van der Waals surface area contributed by atoms with Crippen LogP contribution in [-0.2, 0) is 11.3 Å². The number of Topliss-reactive ketones (excluding diaryl/α,β-unsaturated/α-hetero) is 1. The van der Waals surface area contributed by atoms with Gasteiger partial charge in [-0.1, -0.05) is 98.6 Å². The molecule has 3 aromatic rings. The molecule has 0 aliphatic carbocycles. The zero-order valence-electron chi connectivity index (χ0n) is 16.4. The molecule has 2 nitrogen and oxygen atoms in total. The quantitative estimate of drug-likeness (QED) is 0.352. The first kappa shape index (κ1) is 21.0. The van der Waals surface area contributed by atoms with Gasteiger partial charge in [-0.3, -0.25) is 9.69 Å². The van der Waals surface area contributed by atoms with Gasteiger partial charge in [0, 0.05) is 39.7 Å². The van der Waals surface area contributed by atoms with E-state index in [2.05, 4.69) is 61.0 Å². The van der Waals surface area contributed by atoms with Crippen molar-refractivity contribution in [1.82, 2.24) is 4.90 Å². The number of piperidine rings is 1. The molecule has 1 aliphatic rings. The molecule has 0 spiro atoms. The van der Waals surface area contributed by atoms with E-state index in [1.807, 2.05) is 66.7 Å². The third-order valence-electron chi connectivity index (χ3n) is 5.09. The Morgan fingerprint density at radius 3 is 1.67 bits per heavy atom. The van der Waals surface area contributed by atoms with E-state index in [-0.39, 0.29) is 5.78 Å². The van der Waals surface area contributed by atoms with Gasteiger partial charge in [-0.25, -0.2) is 0 Å². The molecule has 150 valence electrons. The lowest BCUT2D eigenvalue weighted by Gasteiger charge is -2.30. The van der Waals surface area contributed by atoms with Gasteiger partial charge < -0.3 is 0 Å². The fourth-order valence-electron chi connectivity index (χ4n) is 3.62. The predicted octanol–water partition coefficient (Wildman–Crippen LogP) is 6.76. The number of halogens is 2. The number of nitrogens with zero attached hydrogens (tertiary/aromatic N) is 1. The molecule has 4 rings (SSSR count). The molecular weight excluding hydrogens is 502 g/mol. The second-order valence-electron chi connectivity index (χ2n) is 7.34. The van der Waals surface area contributed by atoms with Crippen molar-refractivity contribution in [3.63, 3.8) is 0 Å². The van der Waals surface area contributed by atoms with Crippen molar-refractivity contribution < 1.29 is 4.79 Å². The van der Waals surface area contributed by atoms with Crippen LogP contribution in [0.1, 0.15) is 16.7 Å². The van der Waals surface area contributed by atoms with Crippen molar-refractivity contribution in [3.05, 3.63) is 116 Å². The number of benzene rings is 3. The van der Waals surface area contributed by atoms with Crippen LogP contribution in [0.4, 0.5) is 0 Å². The van der Waals surface area contributed by atoms with Crippen molar-refractivity contribution in [2.24, 2.45) is 0 Å². The number of likely N-dealkylation sites (tertiary alicyclic amines) is 1. The van der Waals surface area contributed by atoms with E-state index in [0.717, 1.165) is 37.8 Å². The van der Waals surface area contributed by atoms with Crippen molar-refractivity contribution in [3.8, 4) is 0 Å². The third kappa shape index (κ3) is 5.07. The topological polar surface area (TPSA) is 20.3 Å². The van der Waals surface area contributed by atoms with Crippen molar-refractivity contribution in [2.75, 3.05) is 13.1 Å². The smallest absolute Gasteiger partial charge is 0.187 e. The molecule has 0 aromatic heterocycles. The average molecular weight is 523 g/mol. The van der Waals surface area contributed by atoms with Crippen LogP contribution >= 0.6 is 31.9 Å². The van der Waals surface area contributed by atoms with Crippen LogP contribution in [-0.4, -0.2) is 23.8 Å². The second-order valence-corrected chi connectivity index (χ2v) is 9.05. The first-order chi connectivity index (χ1) is 14.6. The van der Waals surface area contributed by atoms with Crippen molar-refractivity contribution in [2.45, 2.75) is 6.54 Å². The van der Waals surface area contributed by atoms with Crippen LogP contribution in [0.2, 0.25) is 0 Å². The molecule has 1 fully saturated rings. The maximum absolute atomic E-state index is 13.4. The first-order valence-electron chi connectivity index (χ1n) is 9.81. The fraction of sp³-hybridized carbons (Fsp3) is 0.115. The Hall–Kier alpha value is -2.27. The number of carbonyl (C=O) groups is 1. The molecular formula is C26H21Br2NO. The van der Waals surface area contributed by atoms with E-state index in [4.69, 9.17) is 0 Å². The molecule has 4 heteroatoms. The molecule has 0 N–H and O–H groups in total. The van der Waals surface area contributed by atoms with Gasteiger partial charge in [0.1, 0.15) is 0 Å². The lowest BCUT2D eigenvalue weighted by atomic mass is 9.94. The number of hydrogen-bond acceptors (Lipinski definition) is 2. The Balaban J connectivity index is 1.71. The standard InChI is InChI=1S/C26H21Br2NO/c27-24-12-6-4-10-20(24)14-22-17-29(16-19-8-2-1-3-9-19)18-23(26(22)30)15-21-11-5-7-13-25(21)28/h1-15H,16-18H2/b22-14+,23-15+. The molecule has 0 amide bonds. The fourth-order valence-corrected chi connectivity index (χ4v) is 4.42. The summed E-state index contributed by atoms with van der Waals surface area (Å²) in [4.78, 5) is 15.7. The summed E-state index contributed by atoms with van der Waals surface area (Å²) < 4.78 is 1.98. The Labute approximate surface area is 194 Å². The summed E-state index contributed by atoms with van der Waals surface area (Å²) in [6.45, 7) is 2.06. The summed E-state index contributed by atoms with van der Waals surface area (Å²) in [5.41, 5.74) is 4.89. The van der Waals surface area contributed by atoms with E-state index in [1.165, 1.54) is 5.56 Å². The molecule has 0 bridgehead atoms. The first-order valence-corrected chi connectivity index (χ1v) is 11.4. The Bertz CT molecular complexity index is 1050. The normalized spacial score (nSPS) is 17.6. The molecule has 30 heavy (non-hydrogen) atoms. The number of hydrogen-bond donors (Lipinski definition) is 0. The van der Waals surface area contributed by atoms with Gasteiger partial charge in [-0.2, -0.15) is 0 Å². The van der Waals surface area contributed by atoms with Crippen molar-refractivity contribution in [1.29, 1.82) is 0 Å². The molecule has 0 unspecified atom stereocenters. The van der Waals surface area contributed by atoms with Gasteiger partial charge in [0.15, 0.2) is 5.78 Å². The van der Waals surface area contributed by atoms with Crippen LogP contribution in [0.25, 0.3) is 12.2 Å². The summed E-state index contributed by atoms with van der Waals surface area (Å²) in [6, 6.07) is 26.4. The minimum atomic E-state index is 0.116. The SMILES string of the molecule is O=C1/C(=C/c2ccccc2Br)CN(Cc2ccccc2)C/C1=C\c1ccccc1Br. The zero-order valence-corrected chi connectivity index (χ0v) is 19.6. The Morgan fingerprint density at radius 1 is 0.700 bits per heavy atom. The van der Waals surface area contributed by atoms with Crippen molar-refractivity contribution >= 4 is 49.8 Å². The van der Waals surface area contributed by atoms with E-state index in [0.29, 0.717) is 13.1 Å². The minimum Gasteiger partial charge on any atom is -0.290 e. The predicted molar refractivity (Wildman–Crippen MR) is 131 cm³/mol. The molecule has 1 saturated heterocycles. The lowest BCUT2D eigenvalue weighted by molar-refractivity contribution is -0.113. The van der Waals surface area contributed by atoms with Gasteiger partial charge in [-0.05, 0) is 41.0 Å². The van der Waals surface area contributed by atoms with Gasteiger partial charge in [0.25, 0.3) is 0 Å². The highest BCUT2D eigenvalue weighted by Gasteiger charge is 2.26. The monoisotopic (exact) mass is 521 g/mol. The zero-order chi connectivity index (χ0) is 20.9. The molecule has 0 radical (unpaired) electrons. The molecule has 3 aromatic carbocycles. The molecule has 0 saturated carbocycles. The van der Waals surface area contributed by atoms with Crippen LogP contribution in [0.15, 0.2) is 99.0 Å². The van der Waals surface area contributed by atoms with Gasteiger partial charge in [0.05, 0.1) is 0 Å². The number of rotatable bonds is 4. The van der Waals surface area contributed by atoms with E-state index in [1.54, 1.807) is 0 Å². The van der Waals surface area contributed by atoms with Crippen LogP contribution in [0.5, 0.6) is 0 Å². The summed E-state index contributed by atoms with van der Waals surface area (Å²) in [6.07, 6.45) is 4.02. The second kappa shape index (κ2) is 9.69. The van der Waals surface area contributed by atoms with Gasteiger partial charge in [0.2, 0.25) is 0 Å². The van der Waals surface area contributed by atoms with E-state index in [9.17, 15) is 4.79 Å². The number of carbonyl (C=O) groups excluding carboxylic acids is 1. The van der Waals surface area contributed by atoms with Gasteiger partial charge >= 0.3 is 0 Å².